The van der Waals surface area contributed by atoms with Gasteiger partial charge in [-0.15, -0.1) is 5.10 Å². The number of aromatic nitrogens is 3. The second-order valence-electron chi connectivity index (χ2n) is 7.51. The third-order valence-corrected chi connectivity index (χ3v) is 4.96. The Labute approximate surface area is 156 Å². The van der Waals surface area contributed by atoms with Crippen LogP contribution in [0, 0.1) is 12.7 Å². The normalized spacial score (nSPS) is 19.9. The monoisotopic (exact) mass is 378 g/mol. The van der Waals surface area contributed by atoms with Crippen LogP contribution in [-0.4, -0.2) is 49.5 Å². The molecule has 2 heterocycles. The Kier molecular flexibility index (Phi) is 4.69. The molecule has 1 aliphatic heterocycles. The van der Waals surface area contributed by atoms with Gasteiger partial charge in [-0.25, -0.2) is 13.9 Å². The first-order valence-corrected chi connectivity index (χ1v) is 8.58. The van der Waals surface area contributed by atoms with Crippen LogP contribution in [0.15, 0.2) is 24.4 Å². The van der Waals surface area contributed by atoms with Crippen LogP contribution < -0.4 is 4.90 Å². The van der Waals surface area contributed by atoms with E-state index in [4.69, 9.17) is 4.74 Å². The molecular weight excluding hydrogens is 355 g/mol. The first-order chi connectivity index (χ1) is 12.5. The molecule has 8 nitrogen and oxygen atoms in total. The molecule has 1 fully saturated rings. The van der Waals surface area contributed by atoms with Crippen LogP contribution in [0.5, 0.6) is 0 Å². The maximum atomic E-state index is 13.8. The predicted molar refractivity (Wildman–Crippen MR) is 94.6 cm³/mol. The first kappa shape index (κ1) is 19.2. The number of aryl methyl sites for hydroxylation is 1. The van der Waals surface area contributed by atoms with Crippen LogP contribution in [0.25, 0.3) is 0 Å². The quantitative estimate of drug-likeness (QED) is 0.822. The summed E-state index contributed by atoms with van der Waals surface area (Å²) >= 11 is 0. The zero-order chi connectivity index (χ0) is 20.0. The number of cyclic esters (lactones) is 1. The van der Waals surface area contributed by atoms with Gasteiger partial charge in [0.1, 0.15) is 23.2 Å². The van der Waals surface area contributed by atoms with E-state index in [1.54, 1.807) is 19.1 Å². The fourth-order valence-electron chi connectivity index (χ4n) is 2.71. The lowest BCUT2D eigenvalue weighted by Crippen LogP contribution is -2.45. The fourth-order valence-corrected chi connectivity index (χ4v) is 2.71. The van der Waals surface area contributed by atoms with Crippen molar-refractivity contribution in [1.29, 1.82) is 0 Å². The van der Waals surface area contributed by atoms with Crippen LogP contribution in [-0.2, 0) is 16.9 Å². The molecule has 0 aliphatic carbocycles. The SMILES string of the molecule is Cc1ccc(N2CC(Cn3cc(C(C)(O)C(C)(C)O)nn3)OC2=O)cc1F. The Balaban J connectivity index is 1.71. The number of hydrogen-bond acceptors (Lipinski definition) is 6. The smallest absolute Gasteiger partial charge is 0.414 e. The van der Waals surface area contributed by atoms with E-state index in [0.717, 1.165) is 0 Å². The highest BCUT2D eigenvalue weighted by Gasteiger charge is 2.42. The lowest BCUT2D eigenvalue weighted by Gasteiger charge is -2.33. The summed E-state index contributed by atoms with van der Waals surface area (Å²) in [6.45, 7) is 6.50. The van der Waals surface area contributed by atoms with Crippen LogP contribution in [0.4, 0.5) is 14.9 Å². The molecule has 27 heavy (non-hydrogen) atoms. The van der Waals surface area contributed by atoms with Gasteiger partial charge in [0.2, 0.25) is 0 Å². The zero-order valence-electron chi connectivity index (χ0n) is 15.7. The van der Waals surface area contributed by atoms with Gasteiger partial charge in [0.15, 0.2) is 0 Å². The van der Waals surface area contributed by atoms with Crippen molar-refractivity contribution in [2.45, 2.75) is 51.5 Å². The van der Waals surface area contributed by atoms with Gasteiger partial charge in [0.25, 0.3) is 0 Å². The number of ether oxygens (including phenoxy) is 1. The van der Waals surface area contributed by atoms with Crippen LogP contribution in [0.1, 0.15) is 32.0 Å². The van der Waals surface area contributed by atoms with Gasteiger partial charge < -0.3 is 14.9 Å². The summed E-state index contributed by atoms with van der Waals surface area (Å²) in [5.41, 5.74) is -1.88. The van der Waals surface area contributed by atoms with Crippen molar-refractivity contribution in [2.24, 2.45) is 0 Å². The van der Waals surface area contributed by atoms with Gasteiger partial charge in [-0.1, -0.05) is 11.3 Å². The average molecular weight is 378 g/mol. The molecule has 0 bridgehead atoms. The Bertz CT molecular complexity index is 859. The minimum atomic E-state index is -1.59. The first-order valence-electron chi connectivity index (χ1n) is 8.58. The highest BCUT2D eigenvalue weighted by Crippen LogP contribution is 2.31. The van der Waals surface area contributed by atoms with Crippen molar-refractivity contribution in [3.05, 3.63) is 41.5 Å². The van der Waals surface area contributed by atoms with Crippen molar-refractivity contribution < 1.29 is 24.1 Å². The van der Waals surface area contributed by atoms with Crippen LogP contribution >= 0.6 is 0 Å². The molecule has 1 aromatic carbocycles. The second-order valence-corrected chi connectivity index (χ2v) is 7.51. The molecule has 2 aromatic rings. The third-order valence-electron chi connectivity index (χ3n) is 4.96. The maximum Gasteiger partial charge on any atom is 0.414 e. The van der Waals surface area contributed by atoms with E-state index in [0.29, 0.717) is 11.3 Å². The van der Waals surface area contributed by atoms with Crippen molar-refractivity contribution in [2.75, 3.05) is 11.4 Å². The lowest BCUT2D eigenvalue weighted by atomic mass is 9.85. The molecule has 1 saturated heterocycles. The maximum absolute atomic E-state index is 13.8. The summed E-state index contributed by atoms with van der Waals surface area (Å²) in [6, 6.07) is 4.57. The molecule has 0 radical (unpaired) electrons. The highest BCUT2D eigenvalue weighted by molar-refractivity contribution is 5.89. The van der Waals surface area contributed by atoms with Gasteiger partial charge in [0, 0.05) is 0 Å². The number of amides is 1. The summed E-state index contributed by atoms with van der Waals surface area (Å²) < 4.78 is 20.5. The molecule has 2 unspecified atom stereocenters. The van der Waals surface area contributed by atoms with E-state index in [9.17, 15) is 19.4 Å². The van der Waals surface area contributed by atoms with E-state index in [1.165, 1.54) is 42.6 Å². The summed E-state index contributed by atoms with van der Waals surface area (Å²) in [4.78, 5) is 13.5. The number of aliphatic hydroxyl groups is 2. The fraction of sp³-hybridized carbons (Fsp3) is 0.500. The Hall–Kier alpha value is -2.52. The van der Waals surface area contributed by atoms with Crippen molar-refractivity contribution in [3.63, 3.8) is 0 Å². The largest absolute Gasteiger partial charge is 0.442 e. The number of halogens is 1. The van der Waals surface area contributed by atoms with E-state index in [2.05, 4.69) is 10.3 Å². The van der Waals surface area contributed by atoms with Gasteiger partial charge in [-0.2, -0.15) is 0 Å². The van der Waals surface area contributed by atoms with Crippen molar-refractivity contribution in [3.8, 4) is 0 Å². The molecule has 2 atom stereocenters. The molecular formula is C18H23FN4O4. The summed E-state index contributed by atoms with van der Waals surface area (Å²) in [6.07, 6.45) is 0.426. The number of benzene rings is 1. The predicted octanol–water partition coefficient (Wildman–Crippen LogP) is 1.73. The summed E-state index contributed by atoms with van der Waals surface area (Å²) in [5.74, 6) is -0.390. The average Bonchev–Trinajstić information content (AvgIpc) is 3.16. The number of anilines is 1. The topological polar surface area (TPSA) is 101 Å². The molecule has 3 rings (SSSR count). The van der Waals surface area contributed by atoms with Gasteiger partial charge in [-0.3, -0.25) is 4.90 Å². The second kappa shape index (κ2) is 6.58. The van der Waals surface area contributed by atoms with Gasteiger partial charge in [0.05, 0.1) is 30.6 Å². The van der Waals surface area contributed by atoms with E-state index >= 15 is 0 Å². The van der Waals surface area contributed by atoms with E-state index in [1.807, 2.05) is 0 Å². The number of hydrogen-bond donors (Lipinski definition) is 2. The zero-order valence-corrected chi connectivity index (χ0v) is 15.7. The summed E-state index contributed by atoms with van der Waals surface area (Å²) in [5, 5.41) is 28.4. The Morgan fingerprint density at radius 1 is 1.33 bits per heavy atom. The minimum Gasteiger partial charge on any atom is -0.442 e. The van der Waals surface area contributed by atoms with E-state index < -0.39 is 29.2 Å². The molecule has 9 heteroatoms. The molecule has 0 saturated carbocycles. The third kappa shape index (κ3) is 3.65. The van der Waals surface area contributed by atoms with E-state index in [-0.39, 0.29) is 18.8 Å². The van der Waals surface area contributed by atoms with Crippen LogP contribution in [0.2, 0.25) is 0 Å². The Morgan fingerprint density at radius 2 is 2.04 bits per heavy atom. The number of carbonyl (C=O) groups is 1. The minimum absolute atomic E-state index is 0.205. The van der Waals surface area contributed by atoms with Gasteiger partial charge in [-0.05, 0) is 45.4 Å². The lowest BCUT2D eigenvalue weighted by molar-refractivity contribution is -0.127. The van der Waals surface area contributed by atoms with Gasteiger partial charge >= 0.3 is 6.09 Å². The summed E-state index contributed by atoms with van der Waals surface area (Å²) in [7, 11) is 0. The standard InChI is InChI=1S/C18H23FN4O4/c1-11-5-6-12(7-14(11)19)23-9-13(27-16(23)24)8-22-10-15(20-21-22)18(4,26)17(2,3)25/h5-7,10,13,25-26H,8-9H2,1-4H3. The Morgan fingerprint density at radius 3 is 2.67 bits per heavy atom. The molecule has 1 aromatic heterocycles. The molecule has 0 spiro atoms. The van der Waals surface area contributed by atoms with Crippen molar-refractivity contribution >= 4 is 11.8 Å². The number of nitrogens with zero attached hydrogens (tertiary/aromatic N) is 4. The number of carbonyl (C=O) groups excluding carboxylic acids is 1. The molecule has 1 amide bonds. The number of rotatable bonds is 5. The molecule has 1 aliphatic rings. The molecule has 2 N–H and O–H groups in total. The molecule has 146 valence electrons. The van der Waals surface area contributed by atoms with Crippen molar-refractivity contribution in [1.82, 2.24) is 15.0 Å². The van der Waals surface area contributed by atoms with Crippen LogP contribution in [0.3, 0.4) is 0 Å². The highest BCUT2D eigenvalue weighted by atomic mass is 19.1.